The van der Waals surface area contributed by atoms with E-state index < -0.39 is 0 Å². The minimum absolute atomic E-state index is 0.235. The van der Waals surface area contributed by atoms with Gasteiger partial charge >= 0.3 is 0 Å². The van der Waals surface area contributed by atoms with E-state index in [0.29, 0.717) is 10.9 Å². The van der Waals surface area contributed by atoms with E-state index in [4.69, 9.17) is 17.3 Å². The van der Waals surface area contributed by atoms with Gasteiger partial charge in [-0.15, -0.1) is 0 Å². The first-order valence-electron chi connectivity index (χ1n) is 5.63. The van der Waals surface area contributed by atoms with Gasteiger partial charge in [-0.1, -0.05) is 17.7 Å². The molecule has 3 N–H and O–H groups in total. The van der Waals surface area contributed by atoms with Crippen LogP contribution in [0.5, 0.6) is 0 Å². The highest BCUT2D eigenvalue weighted by Crippen LogP contribution is 2.33. The molecule has 1 aliphatic rings. The summed E-state index contributed by atoms with van der Waals surface area (Å²) in [5.41, 5.74) is 7.92. The van der Waals surface area contributed by atoms with Crippen molar-refractivity contribution in [1.82, 2.24) is 9.97 Å². The molecule has 1 unspecified atom stereocenters. The predicted octanol–water partition coefficient (Wildman–Crippen LogP) is 2.50. The van der Waals surface area contributed by atoms with Crippen LogP contribution in [0.25, 0.3) is 11.0 Å². The molecule has 0 spiro atoms. The van der Waals surface area contributed by atoms with Crippen LogP contribution >= 0.6 is 11.6 Å². The largest absolute Gasteiger partial charge is 0.342 e. The average molecular weight is 236 g/mol. The molecule has 3 rings (SSSR count). The summed E-state index contributed by atoms with van der Waals surface area (Å²) in [5.74, 6) is 1.64. The lowest BCUT2D eigenvalue weighted by molar-refractivity contribution is 0.579. The zero-order chi connectivity index (χ0) is 11.1. The summed E-state index contributed by atoms with van der Waals surface area (Å²) >= 11 is 6.07. The lowest BCUT2D eigenvalue weighted by atomic mass is 10.1. The number of hydrogen-bond acceptors (Lipinski definition) is 2. The van der Waals surface area contributed by atoms with Gasteiger partial charge in [0.2, 0.25) is 0 Å². The number of benzene rings is 1. The second kappa shape index (κ2) is 3.75. The Labute approximate surface area is 99.0 Å². The van der Waals surface area contributed by atoms with Crippen molar-refractivity contribution in [1.29, 1.82) is 0 Å². The number of fused-ring (bicyclic) bond motifs is 1. The van der Waals surface area contributed by atoms with Crippen molar-refractivity contribution in [2.45, 2.75) is 25.3 Å². The predicted molar refractivity (Wildman–Crippen MR) is 65.5 cm³/mol. The molecule has 1 saturated carbocycles. The zero-order valence-electron chi connectivity index (χ0n) is 8.91. The zero-order valence-corrected chi connectivity index (χ0v) is 9.67. The van der Waals surface area contributed by atoms with Gasteiger partial charge in [-0.25, -0.2) is 4.98 Å². The first-order chi connectivity index (χ1) is 7.74. The first-order valence-corrected chi connectivity index (χ1v) is 6.00. The van der Waals surface area contributed by atoms with E-state index in [1.165, 1.54) is 12.8 Å². The second-order valence-electron chi connectivity index (χ2n) is 4.52. The van der Waals surface area contributed by atoms with Crippen molar-refractivity contribution in [2.24, 2.45) is 11.7 Å². The van der Waals surface area contributed by atoms with Gasteiger partial charge in [-0.05, 0) is 30.9 Å². The number of nitrogens with two attached hydrogens (primary N) is 1. The van der Waals surface area contributed by atoms with Gasteiger partial charge < -0.3 is 10.7 Å². The Morgan fingerprint density at radius 2 is 2.31 bits per heavy atom. The summed E-state index contributed by atoms with van der Waals surface area (Å²) in [6, 6.07) is 6.00. The lowest BCUT2D eigenvalue weighted by Crippen LogP contribution is -2.25. The van der Waals surface area contributed by atoms with Crippen LogP contribution in [0.1, 0.15) is 18.7 Å². The first kappa shape index (κ1) is 10.1. The number of imidazole rings is 1. The molecule has 0 saturated heterocycles. The third-order valence-electron chi connectivity index (χ3n) is 3.17. The molecule has 0 radical (unpaired) electrons. The monoisotopic (exact) mass is 235 g/mol. The quantitative estimate of drug-likeness (QED) is 0.859. The van der Waals surface area contributed by atoms with Gasteiger partial charge in [0.05, 0.1) is 10.5 Å². The van der Waals surface area contributed by atoms with Gasteiger partial charge in [-0.3, -0.25) is 0 Å². The third-order valence-corrected chi connectivity index (χ3v) is 3.47. The van der Waals surface area contributed by atoms with E-state index in [9.17, 15) is 0 Å². The summed E-state index contributed by atoms with van der Waals surface area (Å²) < 4.78 is 0. The highest BCUT2D eigenvalue weighted by molar-refractivity contribution is 6.34. The molecule has 1 heterocycles. The van der Waals surface area contributed by atoms with Gasteiger partial charge in [0.15, 0.2) is 0 Å². The molecule has 1 atom stereocenters. The maximum atomic E-state index is 6.08. The fourth-order valence-electron chi connectivity index (χ4n) is 2.06. The molecule has 16 heavy (non-hydrogen) atoms. The number of halogens is 1. The Bertz CT molecular complexity index is 516. The summed E-state index contributed by atoms with van der Waals surface area (Å²) in [7, 11) is 0. The number of hydrogen-bond donors (Lipinski definition) is 2. The Morgan fingerprint density at radius 1 is 1.50 bits per heavy atom. The van der Waals surface area contributed by atoms with Crippen LogP contribution in [0.4, 0.5) is 0 Å². The maximum absolute atomic E-state index is 6.08. The van der Waals surface area contributed by atoms with Crippen molar-refractivity contribution in [3.05, 3.63) is 29.0 Å². The molecule has 1 aromatic carbocycles. The third kappa shape index (κ3) is 1.81. The van der Waals surface area contributed by atoms with Gasteiger partial charge in [0, 0.05) is 12.5 Å². The van der Waals surface area contributed by atoms with Gasteiger partial charge in [0.1, 0.15) is 11.3 Å². The van der Waals surface area contributed by atoms with Crippen LogP contribution in [-0.2, 0) is 6.42 Å². The van der Waals surface area contributed by atoms with E-state index in [2.05, 4.69) is 9.97 Å². The molecular formula is C12H14ClN3. The number of aromatic amines is 1. The standard InChI is InChI=1S/C12H14ClN3/c13-8-2-1-3-10-12(8)16-11(15-10)6-9(14)7-4-5-7/h1-3,7,9H,4-6,14H2,(H,15,16). The van der Waals surface area contributed by atoms with Crippen LogP contribution in [-0.4, -0.2) is 16.0 Å². The number of H-pyrrole nitrogens is 1. The highest BCUT2D eigenvalue weighted by atomic mass is 35.5. The smallest absolute Gasteiger partial charge is 0.108 e. The van der Waals surface area contributed by atoms with Crippen LogP contribution < -0.4 is 5.73 Å². The fourth-order valence-corrected chi connectivity index (χ4v) is 2.28. The van der Waals surface area contributed by atoms with Crippen LogP contribution in [0, 0.1) is 5.92 Å². The molecule has 0 aliphatic heterocycles. The number of aromatic nitrogens is 2. The van der Waals surface area contributed by atoms with E-state index in [0.717, 1.165) is 23.3 Å². The molecule has 3 nitrogen and oxygen atoms in total. The molecule has 84 valence electrons. The van der Waals surface area contributed by atoms with E-state index in [1.807, 2.05) is 18.2 Å². The number of para-hydroxylation sites is 1. The van der Waals surface area contributed by atoms with Crippen LogP contribution in [0.3, 0.4) is 0 Å². The normalized spacial score (nSPS) is 17.9. The van der Waals surface area contributed by atoms with Crippen molar-refractivity contribution in [3.63, 3.8) is 0 Å². The second-order valence-corrected chi connectivity index (χ2v) is 4.93. The minimum atomic E-state index is 0.235. The summed E-state index contributed by atoms with van der Waals surface area (Å²) in [6.45, 7) is 0. The fraction of sp³-hybridized carbons (Fsp3) is 0.417. The topological polar surface area (TPSA) is 54.7 Å². The molecule has 4 heteroatoms. The van der Waals surface area contributed by atoms with E-state index >= 15 is 0 Å². The highest BCUT2D eigenvalue weighted by Gasteiger charge is 2.29. The molecular weight excluding hydrogens is 222 g/mol. The van der Waals surface area contributed by atoms with Gasteiger partial charge in [0.25, 0.3) is 0 Å². The van der Waals surface area contributed by atoms with Crippen molar-refractivity contribution in [3.8, 4) is 0 Å². The van der Waals surface area contributed by atoms with Gasteiger partial charge in [-0.2, -0.15) is 0 Å². The molecule has 0 bridgehead atoms. The number of nitrogens with zero attached hydrogens (tertiary/aromatic N) is 1. The molecule has 1 aromatic heterocycles. The number of rotatable bonds is 3. The lowest BCUT2D eigenvalue weighted by Gasteiger charge is -2.06. The van der Waals surface area contributed by atoms with Crippen molar-refractivity contribution < 1.29 is 0 Å². The summed E-state index contributed by atoms with van der Waals surface area (Å²) in [4.78, 5) is 7.77. The summed E-state index contributed by atoms with van der Waals surface area (Å²) in [5, 5.41) is 0.694. The molecule has 1 fully saturated rings. The molecule has 0 amide bonds. The molecule has 1 aliphatic carbocycles. The summed E-state index contributed by atoms with van der Waals surface area (Å²) in [6.07, 6.45) is 3.35. The Morgan fingerprint density at radius 3 is 3.00 bits per heavy atom. The average Bonchev–Trinajstić information content (AvgIpc) is 3.01. The van der Waals surface area contributed by atoms with Crippen LogP contribution in [0.2, 0.25) is 5.02 Å². The van der Waals surface area contributed by atoms with Crippen molar-refractivity contribution in [2.75, 3.05) is 0 Å². The Kier molecular flexibility index (Phi) is 2.37. The van der Waals surface area contributed by atoms with Crippen molar-refractivity contribution >= 4 is 22.6 Å². The Hall–Kier alpha value is -1.06. The maximum Gasteiger partial charge on any atom is 0.108 e. The molecule has 2 aromatic rings. The number of nitrogens with one attached hydrogen (secondary N) is 1. The Balaban J connectivity index is 1.89. The SMILES string of the molecule is NC(Cc1nc2c(Cl)cccc2[nH]1)C1CC1. The minimum Gasteiger partial charge on any atom is -0.342 e. The van der Waals surface area contributed by atoms with E-state index in [-0.39, 0.29) is 6.04 Å². The van der Waals surface area contributed by atoms with E-state index in [1.54, 1.807) is 0 Å². The van der Waals surface area contributed by atoms with Crippen LogP contribution in [0.15, 0.2) is 18.2 Å².